The molecular weight excluding hydrogens is 664 g/mol. The summed E-state index contributed by atoms with van der Waals surface area (Å²) in [5.41, 5.74) is 3.94. The van der Waals surface area contributed by atoms with E-state index >= 15 is 0 Å². The van der Waals surface area contributed by atoms with Gasteiger partial charge < -0.3 is 14.8 Å². The van der Waals surface area contributed by atoms with Crippen molar-refractivity contribution in [3.05, 3.63) is 126 Å². The first-order valence-corrected chi connectivity index (χ1v) is 16.8. The van der Waals surface area contributed by atoms with Crippen LogP contribution in [0.1, 0.15) is 63.4 Å². The molecule has 3 aliphatic rings. The maximum absolute atomic E-state index is 13.2. The van der Waals surface area contributed by atoms with Crippen molar-refractivity contribution in [2.24, 2.45) is 0 Å². The molecule has 14 nitrogen and oxygen atoms in total. The molecule has 0 spiro atoms. The van der Waals surface area contributed by atoms with E-state index in [4.69, 9.17) is 9.47 Å². The van der Waals surface area contributed by atoms with E-state index in [0.29, 0.717) is 17.1 Å². The zero-order valence-electron chi connectivity index (χ0n) is 27.7. The topological polar surface area (TPSA) is 171 Å². The van der Waals surface area contributed by atoms with Gasteiger partial charge in [0.05, 0.1) is 35.9 Å². The van der Waals surface area contributed by atoms with Gasteiger partial charge in [-0.2, -0.15) is 10.2 Å². The van der Waals surface area contributed by atoms with Gasteiger partial charge in [-0.25, -0.2) is 9.97 Å². The number of hydrogen-bond donors (Lipinski definition) is 2. The van der Waals surface area contributed by atoms with Gasteiger partial charge in [-0.05, 0) is 60.0 Å². The zero-order chi connectivity index (χ0) is 35.8. The number of piperidine rings is 1. The van der Waals surface area contributed by atoms with Gasteiger partial charge in [-0.3, -0.25) is 29.4 Å². The minimum atomic E-state index is -0.992. The van der Waals surface area contributed by atoms with Crippen LogP contribution in [0.2, 0.25) is 0 Å². The molecular formula is C38H32N8O6. The van der Waals surface area contributed by atoms with Crippen LogP contribution in [0.4, 0.5) is 5.69 Å². The molecule has 2 fully saturated rings. The lowest BCUT2D eigenvalue weighted by Crippen LogP contribution is -2.54. The number of nitrogens with zero attached hydrogens (tertiary/aromatic N) is 6. The second kappa shape index (κ2) is 13.5. The molecule has 2 aliphatic heterocycles. The fourth-order valence-corrected chi connectivity index (χ4v) is 6.65. The van der Waals surface area contributed by atoms with E-state index in [1.165, 1.54) is 4.80 Å². The van der Waals surface area contributed by atoms with Crippen molar-refractivity contribution in [3.63, 3.8) is 0 Å². The van der Waals surface area contributed by atoms with Crippen molar-refractivity contribution >= 4 is 29.3 Å². The van der Waals surface area contributed by atoms with E-state index in [9.17, 15) is 19.2 Å². The minimum Gasteiger partial charge on any atom is -0.490 e. The fraction of sp³-hybridized carbons (Fsp3) is 0.211. The number of imide groups is 2. The molecule has 0 bridgehead atoms. The molecule has 0 radical (unpaired) electrons. The highest BCUT2D eigenvalue weighted by atomic mass is 16.5. The molecule has 52 heavy (non-hydrogen) atoms. The number of hydrogen-bond acceptors (Lipinski definition) is 11. The van der Waals surface area contributed by atoms with Crippen LogP contribution >= 0.6 is 0 Å². The number of carbonyl (C=O) groups is 4. The lowest BCUT2D eigenvalue weighted by atomic mass is 9.88. The number of allylic oxidation sites excluding steroid dienone is 1. The molecule has 2 N–H and O–H groups in total. The fourth-order valence-electron chi connectivity index (χ4n) is 6.65. The molecule has 5 aromatic rings. The second-order valence-corrected chi connectivity index (χ2v) is 12.8. The standard InChI is InChI=1S/C38H32N8O6/c1-2-30(23-5-10-28(11-6-23)52-38-39-20-26(21-40-38)46-41-15-16-42-46)22-3-8-27(9-4-22)51-29-17-25(18-29)43-24-7-12-31-32(19-24)37(50)45(36(31)49)33-13-14-34(47)44-35(33)48/h2-12,15-16,19-21,25,29-30,33,43H,1,13-14,17-18H2,(H,44,47,48)/t25-,29-,30?,33?. The van der Waals surface area contributed by atoms with Crippen LogP contribution in [0.15, 0.2) is 104 Å². The molecule has 2 unspecified atom stereocenters. The maximum atomic E-state index is 13.2. The second-order valence-electron chi connectivity index (χ2n) is 12.8. The third-order valence-electron chi connectivity index (χ3n) is 9.40. The van der Waals surface area contributed by atoms with E-state index in [0.717, 1.165) is 34.6 Å². The summed E-state index contributed by atoms with van der Waals surface area (Å²) in [5, 5.41) is 13.8. The summed E-state index contributed by atoms with van der Waals surface area (Å²) in [6.07, 6.45) is 9.96. The zero-order valence-corrected chi connectivity index (χ0v) is 27.7. The molecule has 2 aromatic heterocycles. The third kappa shape index (κ3) is 6.37. The molecule has 3 aromatic carbocycles. The van der Waals surface area contributed by atoms with Gasteiger partial charge >= 0.3 is 6.01 Å². The predicted molar refractivity (Wildman–Crippen MR) is 186 cm³/mol. The number of fused-ring (bicyclic) bond motifs is 1. The van der Waals surface area contributed by atoms with Crippen molar-refractivity contribution in [2.45, 2.75) is 49.8 Å². The molecule has 1 saturated heterocycles. The lowest BCUT2D eigenvalue weighted by molar-refractivity contribution is -0.136. The first kappa shape index (κ1) is 32.5. The van der Waals surface area contributed by atoms with Gasteiger partial charge in [0, 0.05) is 36.9 Å². The molecule has 4 heterocycles. The van der Waals surface area contributed by atoms with Crippen LogP contribution in [0.3, 0.4) is 0 Å². The summed E-state index contributed by atoms with van der Waals surface area (Å²) in [6.45, 7) is 4.06. The number of aromatic nitrogens is 5. The Labute approximate surface area is 297 Å². The molecule has 14 heteroatoms. The lowest BCUT2D eigenvalue weighted by Gasteiger charge is -2.36. The molecule has 260 valence electrons. The quantitative estimate of drug-likeness (QED) is 0.146. The number of amides is 4. The Balaban J connectivity index is 0.829. The van der Waals surface area contributed by atoms with E-state index < -0.39 is 29.7 Å². The van der Waals surface area contributed by atoms with E-state index in [1.807, 2.05) is 54.6 Å². The molecule has 4 amide bonds. The summed E-state index contributed by atoms with van der Waals surface area (Å²) in [5.74, 6) is -0.757. The maximum Gasteiger partial charge on any atom is 0.322 e. The Bertz CT molecular complexity index is 2160. The smallest absolute Gasteiger partial charge is 0.322 e. The van der Waals surface area contributed by atoms with Crippen molar-refractivity contribution < 1.29 is 28.7 Å². The predicted octanol–water partition coefficient (Wildman–Crippen LogP) is 4.59. The normalized spacial score (nSPS) is 20.1. The molecule has 1 saturated carbocycles. The summed E-state index contributed by atoms with van der Waals surface area (Å²) in [6, 6.07) is 20.1. The number of carbonyl (C=O) groups excluding carboxylic acids is 4. The van der Waals surface area contributed by atoms with Gasteiger partial charge in [0.15, 0.2) is 0 Å². The van der Waals surface area contributed by atoms with E-state index in [2.05, 4.69) is 37.4 Å². The largest absolute Gasteiger partial charge is 0.490 e. The van der Waals surface area contributed by atoms with Crippen molar-refractivity contribution in [1.82, 2.24) is 35.2 Å². The first-order valence-electron chi connectivity index (χ1n) is 16.8. The summed E-state index contributed by atoms with van der Waals surface area (Å²) in [7, 11) is 0. The number of nitrogens with one attached hydrogen (secondary N) is 2. The Morgan fingerprint density at radius 1 is 0.846 bits per heavy atom. The first-order chi connectivity index (χ1) is 25.3. The van der Waals surface area contributed by atoms with Crippen LogP contribution < -0.4 is 20.1 Å². The van der Waals surface area contributed by atoms with Gasteiger partial charge in [-0.15, -0.1) is 11.4 Å². The van der Waals surface area contributed by atoms with E-state index in [1.54, 1.807) is 43.0 Å². The number of rotatable bonds is 11. The molecule has 1 aliphatic carbocycles. The Kier molecular flexibility index (Phi) is 8.47. The van der Waals surface area contributed by atoms with Crippen molar-refractivity contribution in [1.29, 1.82) is 0 Å². The summed E-state index contributed by atoms with van der Waals surface area (Å²) in [4.78, 5) is 60.9. The Morgan fingerprint density at radius 2 is 1.50 bits per heavy atom. The Morgan fingerprint density at radius 3 is 2.15 bits per heavy atom. The third-order valence-corrected chi connectivity index (χ3v) is 9.40. The molecule has 8 rings (SSSR count). The van der Waals surface area contributed by atoms with Crippen LogP contribution in [0.25, 0.3) is 5.69 Å². The van der Waals surface area contributed by atoms with Gasteiger partial charge in [0.1, 0.15) is 29.3 Å². The number of anilines is 1. The number of ether oxygens (including phenoxy) is 2. The van der Waals surface area contributed by atoms with Gasteiger partial charge in [-0.1, -0.05) is 30.3 Å². The average molecular weight is 697 g/mol. The number of benzene rings is 3. The summed E-state index contributed by atoms with van der Waals surface area (Å²) >= 11 is 0. The Hall–Kier alpha value is -6.70. The highest BCUT2D eigenvalue weighted by molar-refractivity contribution is 6.23. The highest BCUT2D eigenvalue weighted by Crippen LogP contribution is 2.34. The molecule has 2 atom stereocenters. The minimum absolute atomic E-state index is 0.0224. The van der Waals surface area contributed by atoms with Crippen LogP contribution in [0, 0.1) is 0 Å². The monoisotopic (exact) mass is 696 g/mol. The SMILES string of the molecule is C=CC(c1ccc(Oc2ncc(-n3nccn3)cn2)cc1)c1ccc(O[C@H]2C[C@H](Nc3ccc4c(c3)C(=O)N(C3CCC(=O)NC3=O)C4=O)C2)cc1. The van der Waals surface area contributed by atoms with Crippen LogP contribution in [0.5, 0.6) is 17.5 Å². The van der Waals surface area contributed by atoms with Crippen molar-refractivity contribution in [2.75, 3.05) is 5.32 Å². The van der Waals surface area contributed by atoms with Crippen LogP contribution in [-0.2, 0) is 9.59 Å². The van der Waals surface area contributed by atoms with Gasteiger partial charge in [0.2, 0.25) is 11.8 Å². The highest BCUT2D eigenvalue weighted by Gasteiger charge is 2.44. The average Bonchev–Trinajstić information content (AvgIpc) is 3.76. The van der Waals surface area contributed by atoms with Crippen molar-refractivity contribution in [3.8, 4) is 23.2 Å². The van der Waals surface area contributed by atoms with Gasteiger partial charge in [0.25, 0.3) is 11.8 Å². The summed E-state index contributed by atoms with van der Waals surface area (Å²) < 4.78 is 12.1. The van der Waals surface area contributed by atoms with Crippen LogP contribution in [-0.4, -0.2) is 71.7 Å². The van der Waals surface area contributed by atoms with E-state index in [-0.39, 0.29) is 48.0 Å².